The predicted molar refractivity (Wildman–Crippen MR) is 93.1 cm³/mol. The van der Waals surface area contributed by atoms with E-state index in [4.69, 9.17) is 4.74 Å². The topological polar surface area (TPSA) is 101 Å². The third kappa shape index (κ3) is 4.48. The standard InChI is InChI=1S/C14H24N4O4S.ClH/c1-15-13(19)12-7-11(8-18(12)2)23(20,21)17-9-14(10-22-3)5-4-6-16-14;/h7-8,16-17H,4-6,9-10H2,1-3H3,(H,15,19);1H. The monoisotopic (exact) mass is 380 g/mol. The maximum Gasteiger partial charge on any atom is 0.267 e. The van der Waals surface area contributed by atoms with E-state index in [1.807, 2.05) is 0 Å². The Kier molecular flexibility index (Phi) is 7.24. The molecule has 1 unspecified atom stereocenters. The van der Waals surface area contributed by atoms with Crippen molar-refractivity contribution in [2.24, 2.45) is 7.05 Å². The molecule has 0 aliphatic carbocycles. The molecule has 8 nitrogen and oxygen atoms in total. The van der Waals surface area contributed by atoms with Gasteiger partial charge in [0, 0.05) is 33.9 Å². The number of sulfonamides is 1. The van der Waals surface area contributed by atoms with Crippen LogP contribution in [0.15, 0.2) is 17.2 Å². The van der Waals surface area contributed by atoms with E-state index < -0.39 is 10.0 Å². The van der Waals surface area contributed by atoms with Crippen LogP contribution in [0.5, 0.6) is 0 Å². The van der Waals surface area contributed by atoms with Crippen LogP contribution in [0.1, 0.15) is 23.3 Å². The van der Waals surface area contributed by atoms with Crippen LogP contribution in [0.2, 0.25) is 0 Å². The maximum absolute atomic E-state index is 12.5. The van der Waals surface area contributed by atoms with Gasteiger partial charge in [0.2, 0.25) is 10.0 Å². The van der Waals surface area contributed by atoms with Crippen molar-refractivity contribution < 1.29 is 17.9 Å². The molecule has 0 saturated carbocycles. The highest BCUT2D eigenvalue weighted by Gasteiger charge is 2.35. The Labute approximate surface area is 148 Å². The van der Waals surface area contributed by atoms with Gasteiger partial charge < -0.3 is 19.9 Å². The lowest BCUT2D eigenvalue weighted by atomic mass is 9.99. The van der Waals surface area contributed by atoms with E-state index in [-0.39, 0.29) is 35.3 Å². The highest BCUT2D eigenvalue weighted by Crippen LogP contribution is 2.20. The van der Waals surface area contributed by atoms with E-state index in [0.29, 0.717) is 12.3 Å². The van der Waals surface area contributed by atoms with Crippen LogP contribution in [0.4, 0.5) is 0 Å². The van der Waals surface area contributed by atoms with Gasteiger partial charge in [0.15, 0.2) is 0 Å². The summed E-state index contributed by atoms with van der Waals surface area (Å²) in [7, 11) is 1.04. The molecule has 0 aromatic carbocycles. The first-order valence-electron chi connectivity index (χ1n) is 7.46. The average molecular weight is 381 g/mol. The van der Waals surface area contributed by atoms with E-state index in [0.717, 1.165) is 19.4 Å². The molecule has 138 valence electrons. The molecule has 24 heavy (non-hydrogen) atoms. The third-order valence-corrected chi connectivity index (χ3v) is 5.47. The Morgan fingerprint density at radius 2 is 2.21 bits per heavy atom. The summed E-state index contributed by atoms with van der Waals surface area (Å²) in [6.45, 7) is 1.53. The molecule has 1 atom stereocenters. The fraction of sp³-hybridized carbons (Fsp3) is 0.643. The lowest BCUT2D eigenvalue weighted by molar-refractivity contribution is 0.0955. The van der Waals surface area contributed by atoms with Gasteiger partial charge in [-0.3, -0.25) is 4.79 Å². The van der Waals surface area contributed by atoms with Gasteiger partial charge in [-0.1, -0.05) is 0 Å². The number of carbonyl (C=O) groups is 1. The van der Waals surface area contributed by atoms with Crippen molar-refractivity contribution in [2.45, 2.75) is 23.3 Å². The number of hydrogen-bond donors (Lipinski definition) is 3. The third-order valence-electron chi connectivity index (χ3n) is 4.10. The van der Waals surface area contributed by atoms with Crippen LogP contribution in [0.3, 0.4) is 0 Å². The summed E-state index contributed by atoms with van der Waals surface area (Å²) in [5, 5.41) is 5.80. The Morgan fingerprint density at radius 1 is 1.50 bits per heavy atom. The highest BCUT2D eigenvalue weighted by atomic mass is 35.5. The van der Waals surface area contributed by atoms with Crippen LogP contribution >= 0.6 is 12.4 Å². The smallest absolute Gasteiger partial charge is 0.267 e. The number of amides is 1. The van der Waals surface area contributed by atoms with E-state index in [1.165, 1.54) is 23.9 Å². The van der Waals surface area contributed by atoms with Crippen LogP contribution in [0, 0.1) is 0 Å². The number of rotatable bonds is 7. The zero-order chi connectivity index (χ0) is 17.1. The van der Waals surface area contributed by atoms with Crippen molar-refractivity contribution in [2.75, 3.05) is 33.9 Å². The Bertz CT molecular complexity index is 668. The van der Waals surface area contributed by atoms with E-state index in [2.05, 4.69) is 15.4 Å². The summed E-state index contributed by atoms with van der Waals surface area (Å²) in [5.41, 5.74) is -0.0845. The van der Waals surface area contributed by atoms with E-state index in [1.54, 1.807) is 14.2 Å². The summed E-state index contributed by atoms with van der Waals surface area (Å²) in [5.74, 6) is -0.331. The van der Waals surface area contributed by atoms with Gasteiger partial charge in [-0.25, -0.2) is 13.1 Å². The van der Waals surface area contributed by atoms with Gasteiger partial charge in [-0.05, 0) is 25.5 Å². The van der Waals surface area contributed by atoms with Gasteiger partial charge in [0.25, 0.3) is 5.91 Å². The minimum Gasteiger partial charge on any atom is -0.383 e. The largest absolute Gasteiger partial charge is 0.383 e. The van der Waals surface area contributed by atoms with Gasteiger partial charge >= 0.3 is 0 Å². The zero-order valence-electron chi connectivity index (χ0n) is 14.1. The number of aryl methyl sites for hydroxylation is 1. The number of methoxy groups -OCH3 is 1. The molecular formula is C14H25ClN4O4S. The molecule has 0 radical (unpaired) electrons. The van der Waals surface area contributed by atoms with Gasteiger partial charge in [0.05, 0.1) is 12.1 Å². The second kappa shape index (κ2) is 8.30. The first-order chi connectivity index (χ1) is 10.8. The molecule has 10 heteroatoms. The number of hydrogen-bond acceptors (Lipinski definition) is 5. The molecular weight excluding hydrogens is 356 g/mol. The number of ether oxygens (including phenoxy) is 1. The molecule has 3 N–H and O–H groups in total. The van der Waals surface area contributed by atoms with Crippen molar-refractivity contribution in [3.05, 3.63) is 18.0 Å². The molecule has 1 aliphatic heterocycles. The van der Waals surface area contributed by atoms with Crippen molar-refractivity contribution in [3.8, 4) is 0 Å². The van der Waals surface area contributed by atoms with Gasteiger partial charge in [-0.2, -0.15) is 0 Å². The summed E-state index contributed by atoms with van der Waals surface area (Å²) in [4.78, 5) is 11.8. The first-order valence-corrected chi connectivity index (χ1v) is 8.94. The van der Waals surface area contributed by atoms with E-state index >= 15 is 0 Å². The second-order valence-corrected chi connectivity index (χ2v) is 7.59. The first kappa shape index (κ1) is 20.9. The summed E-state index contributed by atoms with van der Waals surface area (Å²) >= 11 is 0. The quantitative estimate of drug-likeness (QED) is 0.611. The van der Waals surface area contributed by atoms with Crippen molar-refractivity contribution in [3.63, 3.8) is 0 Å². The van der Waals surface area contributed by atoms with Crippen molar-refractivity contribution in [1.29, 1.82) is 0 Å². The SMILES string of the molecule is CNC(=O)c1cc(S(=O)(=O)NCC2(COC)CCCN2)cn1C.Cl. The Morgan fingerprint density at radius 3 is 2.75 bits per heavy atom. The summed E-state index contributed by atoms with van der Waals surface area (Å²) in [6.07, 6.45) is 3.26. The number of nitrogens with zero attached hydrogens (tertiary/aromatic N) is 1. The molecule has 0 spiro atoms. The van der Waals surface area contributed by atoms with Crippen LogP contribution in [-0.2, 0) is 21.8 Å². The summed E-state index contributed by atoms with van der Waals surface area (Å²) < 4.78 is 34.3. The van der Waals surface area contributed by atoms with Crippen molar-refractivity contribution >= 4 is 28.3 Å². The fourth-order valence-corrected chi connectivity index (χ4v) is 4.02. The lowest BCUT2D eigenvalue weighted by Crippen LogP contribution is -2.52. The fourth-order valence-electron chi connectivity index (χ4n) is 2.82. The minimum absolute atomic E-state index is 0. The lowest BCUT2D eigenvalue weighted by Gasteiger charge is -2.28. The predicted octanol–water partition coefficient (Wildman–Crippen LogP) is -0.147. The van der Waals surface area contributed by atoms with E-state index in [9.17, 15) is 13.2 Å². The molecule has 1 amide bonds. The minimum atomic E-state index is -3.69. The number of aromatic nitrogens is 1. The Balaban J connectivity index is 0.00000288. The van der Waals surface area contributed by atoms with Crippen molar-refractivity contribution in [1.82, 2.24) is 19.9 Å². The maximum atomic E-state index is 12.5. The number of carbonyl (C=O) groups excluding carboxylic acids is 1. The Hall–Kier alpha value is -1.13. The molecule has 1 fully saturated rings. The second-order valence-electron chi connectivity index (χ2n) is 5.82. The molecule has 1 aromatic heterocycles. The molecule has 0 bridgehead atoms. The summed E-state index contributed by atoms with van der Waals surface area (Å²) in [6, 6.07) is 1.37. The van der Waals surface area contributed by atoms with Crippen LogP contribution < -0.4 is 15.4 Å². The normalized spacial score (nSPS) is 20.6. The molecule has 1 aliphatic rings. The molecule has 1 aromatic rings. The number of nitrogens with one attached hydrogen (secondary N) is 3. The van der Waals surface area contributed by atoms with Gasteiger partial charge in [-0.15, -0.1) is 12.4 Å². The molecule has 2 rings (SSSR count). The highest BCUT2D eigenvalue weighted by molar-refractivity contribution is 7.89. The van der Waals surface area contributed by atoms with Crippen LogP contribution in [0.25, 0.3) is 0 Å². The molecule has 1 saturated heterocycles. The zero-order valence-corrected chi connectivity index (χ0v) is 15.7. The average Bonchev–Trinajstić information content (AvgIpc) is 3.13. The molecule has 2 heterocycles. The van der Waals surface area contributed by atoms with Crippen LogP contribution in [-0.4, -0.2) is 58.3 Å². The number of halogens is 1. The van der Waals surface area contributed by atoms with Gasteiger partial charge in [0.1, 0.15) is 10.6 Å².